The van der Waals surface area contributed by atoms with E-state index in [9.17, 15) is 9.59 Å². The van der Waals surface area contributed by atoms with Gasteiger partial charge in [0.1, 0.15) is 0 Å². The second-order valence-electron chi connectivity index (χ2n) is 7.77. The van der Waals surface area contributed by atoms with Gasteiger partial charge in [0.05, 0.1) is 22.8 Å². The fourth-order valence-corrected chi connectivity index (χ4v) is 4.74. The molecular weight excluding hydrogens is 574 g/mol. The third kappa shape index (κ3) is 6.55. The van der Waals surface area contributed by atoms with E-state index in [1.54, 1.807) is 30.3 Å². The number of carbonyl (C=O) groups excluding carboxylic acids is 2. The van der Waals surface area contributed by atoms with E-state index in [4.69, 9.17) is 4.74 Å². The normalized spacial score (nSPS) is 10.9. The summed E-state index contributed by atoms with van der Waals surface area (Å²) in [4.78, 5) is 25.0. The van der Waals surface area contributed by atoms with E-state index in [0.29, 0.717) is 21.3 Å². The number of anilines is 1. The first-order valence-electron chi connectivity index (χ1n) is 10.7. The summed E-state index contributed by atoms with van der Waals surface area (Å²) in [6.45, 7) is 1.95. The van der Waals surface area contributed by atoms with Gasteiger partial charge in [-0.25, -0.2) is 10.2 Å². The molecule has 0 bridgehead atoms. The van der Waals surface area contributed by atoms with E-state index < -0.39 is 5.97 Å². The van der Waals surface area contributed by atoms with Gasteiger partial charge in [-0.3, -0.25) is 4.79 Å². The minimum absolute atomic E-state index is 0.0487. The number of nitrogens with one attached hydrogen (secondary N) is 2. The monoisotopic (exact) mass is 593 g/mol. The number of esters is 1. The number of benzene rings is 4. The van der Waals surface area contributed by atoms with Gasteiger partial charge in [0.15, 0.2) is 5.75 Å². The van der Waals surface area contributed by atoms with E-state index >= 15 is 0 Å². The van der Waals surface area contributed by atoms with Crippen LogP contribution < -0.4 is 15.5 Å². The molecule has 35 heavy (non-hydrogen) atoms. The fourth-order valence-electron chi connectivity index (χ4n) is 3.40. The molecule has 0 saturated heterocycles. The van der Waals surface area contributed by atoms with E-state index in [1.165, 1.54) is 6.21 Å². The molecule has 1 amide bonds. The van der Waals surface area contributed by atoms with E-state index in [-0.39, 0.29) is 12.5 Å². The molecule has 6 nitrogen and oxygen atoms in total. The fraction of sp³-hybridized carbons (Fsp3) is 0.0741. The molecule has 0 heterocycles. The molecule has 0 unspecified atom stereocenters. The van der Waals surface area contributed by atoms with Crippen molar-refractivity contribution in [2.45, 2.75) is 6.92 Å². The van der Waals surface area contributed by atoms with Crippen LogP contribution in [0.5, 0.6) is 5.75 Å². The Labute approximate surface area is 219 Å². The first kappa shape index (κ1) is 24.6. The zero-order valence-electron chi connectivity index (χ0n) is 18.7. The van der Waals surface area contributed by atoms with Crippen LogP contribution in [0.1, 0.15) is 21.5 Å². The first-order valence-corrected chi connectivity index (χ1v) is 12.3. The van der Waals surface area contributed by atoms with Crippen molar-refractivity contribution in [3.63, 3.8) is 0 Å². The molecule has 0 spiro atoms. The number of hydrazone groups is 1. The molecule has 0 radical (unpaired) electrons. The summed E-state index contributed by atoms with van der Waals surface area (Å²) in [7, 11) is 0. The Balaban J connectivity index is 1.41. The number of halogens is 2. The zero-order valence-corrected chi connectivity index (χ0v) is 21.9. The Bertz CT molecular complexity index is 1440. The number of aryl methyl sites for hydroxylation is 1. The molecular formula is C27H21Br2N3O3. The topological polar surface area (TPSA) is 79.8 Å². The SMILES string of the molecule is Cc1cccc(C(=O)Oc2c(Br)cc(Br)cc2/C=N\NC(=O)CNc2ccc3ccccc3c2)c1. The van der Waals surface area contributed by atoms with Crippen molar-refractivity contribution in [3.05, 3.63) is 104 Å². The van der Waals surface area contributed by atoms with Crippen LogP contribution in [0.2, 0.25) is 0 Å². The zero-order chi connectivity index (χ0) is 24.8. The predicted octanol–water partition coefficient (Wildman–Crippen LogP) is 6.45. The number of hydrogen-bond acceptors (Lipinski definition) is 5. The van der Waals surface area contributed by atoms with Gasteiger partial charge in [-0.2, -0.15) is 5.10 Å². The van der Waals surface area contributed by atoms with Crippen molar-refractivity contribution >= 4 is 66.4 Å². The number of amides is 1. The van der Waals surface area contributed by atoms with Crippen LogP contribution >= 0.6 is 31.9 Å². The number of rotatable bonds is 7. The van der Waals surface area contributed by atoms with Crippen LogP contribution in [0.25, 0.3) is 10.8 Å². The average Bonchev–Trinajstić information content (AvgIpc) is 2.84. The van der Waals surface area contributed by atoms with Crippen LogP contribution in [-0.4, -0.2) is 24.6 Å². The molecule has 0 aliphatic heterocycles. The summed E-state index contributed by atoms with van der Waals surface area (Å²) in [6, 6.07) is 24.6. The van der Waals surface area contributed by atoms with Gasteiger partial charge in [-0.15, -0.1) is 0 Å². The molecule has 0 aliphatic carbocycles. The molecule has 0 atom stereocenters. The Morgan fingerprint density at radius 2 is 1.74 bits per heavy atom. The van der Waals surface area contributed by atoms with Gasteiger partial charge in [0, 0.05) is 15.7 Å². The minimum atomic E-state index is -0.491. The van der Waals surface area contributed by atoms with Crippen molar-refractivity contribution in [1.29, 1.82) is 0 Å². The van der Waals surface area contributed by atoms with Gasteiger partial charge in [-0.1, -0.05) is 64.0 Å². The Hall–Kier alpha value is -3.49. The number of nitrogens with zero attached hydrogens (tertiary/aromatic N) is 1. The molecule has 8 heteroatoms. The summed E-state index contributed by atoms with van der Waals surface area (Å²) >= 11 is 6.86. The number of carbonyl (C=O) groups is 2. The van der Waals surface area contributed by atoms with Crippen molar-refractivity contribution in [3.8, 4) is 5.75 Å². The molecule has 0 aliphatic rings. The van der Waals surface area contributed by atoms with Crippen LogP contribution in [0.4, 0.5) is 5.69 Å². The number of fused-ring (bicyclic) bond motifs is 1. The van der Waals surface area contributed by atoms with E-state index in [2.05, 4.69) is 47.7 Å². The highest BCUT2D eigenvalue weighted by Crippen LogP contribution is 2.32. The highest BCUT2D eigenvalue weighted by molar-refractivity contribution is 9.11. The maximum atomic E-state index is 12.7. The highest BCUT2D eigenvalue weighted by atomic mass is 79.9. The Kier molecular flexibility index (Phi) is 7.94. The lowest BCUT2D eigenvalue weighted by atomic mass is 10.1. The lowest BCUT2D eigenvalue weighted by Crippen LogP contribution is -2.25. The summed E-state index contributed by atoms with van der Waals surface area (Å²) in [5.41, 5.74) is 5.24. The second-order valence-corrected chi connectivity index (χ2v) is 9.54. The third-order valence-corrected chi connectivity index (χ3v) is 6.13. The smallest absolute Gasteiger partial charge is 0.343 e. The van der Waals surface area contributed by atoms with Crippen LogP contribution in [0.3, 0.4) is 0 Å². The first-order chi connectivity index (χ1) is 16.9. The average molecular weight is 595 g/mol. The quantitative estimate of drug-likeness (QED) is 0.111. The molecule has 0 fully saturated rings. The molecule has 4 aromatic carbocycles. The Morgan fingerprint density at radius 1 is 0.943 bits per heavy atom. The van der Waals surface area contributed by atoms with Crippen LogP contribution in [-0.2, 0) is 4.79 Å². The van der Waals surface area contributed by atoms with Gasteiger partial charge >= 0.3 is 5.97 Å². The second kappa shape index (κ2) is 11.3. The Morgan fingerprint density at radius 3 is 2.54 bits per heavy atom. The van der Waals surface area contributed by atoms with Gasteiger partial charge in [0.2, 0.25) is 0 Å². The minimum Gasteiger partial charge on any atom is -0.421 e. The number of hydrogen-bond donors (Lipinski definition) is 2. The maximum absolute atomic E-state index is 12.7. The molecule has 2 N–H and O–H groups in total. The van der Waals surface area contributed by atoms with Crippen molar-refractivity contribution in [2.75, 3.05) is 11.9 Å². The molecule has 0 saturated carbocycles. The summed E-state index contributed by atoms with van der Waals surface area (Å²) < 4.78 is 6.97. The third-order valence-electron chi connectivity index (χ3n) is 5.08. The lowest BCUT2D eigenvalue weighted by molar-refractivity contribution is -0.119. The summed E-state index contributed by atoms with van der Waals surface area (Å²) in [5.74, 6) is -0.510. The van der Waals surface area contributed by atoms with Crippen molar-refractivity contribution in [1.82, 2.24) is 5.43 Å². The van der Waals surface area contributed by atoms with Gasteiger partial charge in [0.25, 0.3) is 5.91 Å². The molecule has 4 rings (SSSR count). The molecule has 176 valence electrons. The van der Waals surface area contributed by atoms with Crippen molar-refractivity contribution in [2.24, 2.45) is 5.10 Å². The molecule has 4 aromatic rings. The lowest BCUT2D eigenvalue weighted by Gasteiger charge is -2.11. The van der Waals surface area contributed by atoms with Gasteiger partial charge < -0.3 is 10.1 Å². The largest absolute Gasteiger partial charge is 0.421 e. The standard InChI is InChI=1S/C27H21Br2N3O3/c1-17-5-4-8-20(11-17)27(34)35-26-21(12-22(28)14-24(26)29)15-31-32-25(33)16-30-23-10-9-18-6-2-3-7-19(18)13-23/h2-15,30H,16H2,1H3,(H,32,33)/b31-15-. The summed E-state index contributed by atoms with van der Waals surface area (Å²) in [6.07, 6.45) is 1.43. The van der Waals surface area contributed by atoms with Crippen LogP contribution in [0.15, 0.2) is 92.9 Å². The predicted molar refractivity (Wildman–Crippen MR) is 146 cm³/mol. The molecule has 0 aromatic heterocycles. The van der Waals surface area contributed by atoms with E-state index in [0.717, 1.165) is 26.5 Å². The van der Waals surface area contributed by atoms with Crippen molar-refractivity contribution < 1.29 is 14.3 Å². The maximum Gasteiger partial charge on any atom is 0.343 e. The highest BCUT2D eigenvalue weighted by Gasteiger charge is 2.15. The van der Waals surface area contributed by atoms with Crippen LogP contribution in [0, 0.1) is 6.92 Å². The summed E-state index contributed by atoms with van der Waals surface area (Å²) in [5, 5.41) is 9.35. The van der Waals surface area contributed by atoms with Gasteiger partial charge in [-0.05, 0) is 70.0 Å². The van der Waals surface area contributed by atoms with E-state index in [1.807, 2.05) is 55.5 Å². The number of ether oxygens (including phenoxy) is 1.